The van der Waals surface area contributed by atoms with Crippen LogP contribution in [0.25, 0.3) is 0 Å². The first-order valence-electron chi connectivity index (χ1n) is 7.73. The van der Waals surface area contributed by atoms with Gasteiger partial charge in [-0.2, -0.15) is 0 Å². The van der Waals surface area contributed by atoms with Crippen LogP contribution >= 0.6 is 0 Å². The number of hydrogen-bond donors (Lipinski definition) is 1. The van der Waals surface area contributed by atoms with Crippen molar-refractivity contribution in [2.45, 2.75) is 51.9 Å². The summed E-state index contributed by atoms with van der Waals surface area (Å²) in [5.41, 5.74) is 1.31. The molecule has 1 aromatic heterocycles. The number of nitrogens with one attached hydrogen (secondary N) is 1. The normalized spacial score (nSPS) is 21.0. The molecule has 1 aliphatic heterocycles. The molecule has 0 bridgehead atoms. The Kier molecular flexibility index (Phi) is 5.64. The third kappa shape index (κ3) is 4.33. The van der Waals surface area contributed by atoms with Gasteiger partial charge in [-0.25, -0.2) is 0 Å². The first-order valence-corrected chi connectivity index (χ1v) is 7.73. The van der Waals surface area contributed by atoms with Crippen LogP contribution in [0.4, 0.5) is 0 Å². The molecule has 0 amide bonds. The molecule has 1 aromatic rings. The van der Waals surface area contributed by atoms with Gasteiger partial charge in [0, 0.05) is 30.7 Å². The molecule has 2 heterocycles. The summed E-state index contributed by atoms with van der Waals surface area (Å²) in [6, 6.07) is 3.26. The number of likely N-dealkylation sites (tertiary alicyclic amines) is 1. The number of rotatable bonds is 6. The van der Waals surface area contributed by atoms with Gasteiger partial charge >= 0.3 is 0 Å². The molecule has 0 radical (unpaired) electrons. The van der Waals surface area contributed by atoms with Crippen molar-refractivity contribution in [1.82, 2.24) is 15.1 Å². The predicted molar refractivity (Wildman–Crippen MR) is 82.7 cm³/mol. The van der Waals surface area contributed by atoms with E-state index in [-0.39, 0.29) is 0 Å². The van der Waals surface area contributed by atoms with Crippen LogP contribution in [0.1, 0.15) is 38.0 Å². The monoisotopic (exact) mass is 279 g/mol. The Labute approximate surface area is 123 Å². The topological polar surface area (TPSA) is 31.7 Å². The van der Waals surface area contributed by atoms with Gasteiger partial charge in [0.2, 0.25) is 0 Å². The fourth-order valence-corrected chi connectivity index (χ4v) is 2.86. The van der Waals surface area contributed by atoms with Crippen LogP contribution < -0.4 is 5.32 Å². The maximum absolute atomic E-state index is 5.62. The largest absolute Gasteiger partial charge is 0.468 e. The summed E-state index contributed by atoms with van der Waals surface area (Å²) in [5.74, 6) is 1.08. The van der Waals surface area contributed by atoms with Gasteiger partial charge in [-0.3, -0.25) is 4.90 Å². The second-order valence-corrected chi connectivity index (χ2v) is 6.38. The van der Waals surface area contributed by atoms with Crippen LogP contribution in [0.2, 0.25) is 0 Å². The van der Waals surface area contributed by atoms with Gasteiger partial charge in [-0.05, 0) is 39.5 Å². The molecule has 1 unspecified atom stereocenters. The summed E-state index contributed by atoms with van der Waals surface area (Å²) in [4.78, 5) is 4.90. The van der Waals surface area contributed by atoms with Crippen LogP contribution in [0, 0.1) is 0 Å². The van der Waals surface area contributed by atoms with E-state index < -0.39 is 0 Å². The van der Waals surface area contributed by atoms with E-state index in [1.54, 1.807) is 0 Å². The van der Waals surface area contributed by atoms with E-state index in [0.717, 1.165) is 18.8 Å². The van der Waals surface area contributed by atoms with E-state index in [2.05, 4.69) is 49.1 Å². The lowest BCUT2D eigenvalue weighted by Crippen LogP contribution is -2.44. The maximum atomic E-state index is 5.62. The van der Waals surface area contributed by atoms with Gasteiger partial charge in [-0.1, -0.05) is 13.8 Å². The van der Waals surface area contributed by atoms with E-state index in [9.17, 15) is 0 Å². The lowest BCUT2D eigenvalue weighted by molar-refractivity contribution is 0.129. The first-order chi connectivity index (χ1) is 9.56. The van der Waals surface area contributed by atoms with Crippen LogP contribution in [0.15, 0.2) is 16.7 Å². The molecule has 1 N–H and O–H groups in total. The van der Waals surface area contributed by atoms with Crippen molar-refractivity contribution in [2.75, 3.05) is 27.2 Å². The van der Waals surface area contributed by atoms with Crippen molar-refractivity contribution in [3.05, 3.63) is 23.7 Å². The van der Waals surface area contributed by atoms with Gasteiger partial charge in [0.15, 0.2) is 0 Å². The van der Waals surface area contributed by atoms with Gasteiger partial charge in [0.1, 0.15) is 5.76 Å². The Morgan fingerprint density at radius 1 is 1.50 bits per heavy atom. The molecule has 20 heavy (non-hydrogen) atoms. The van der Waals surface area contributed by atoms with Crippen molar-refractivity contribution in [3.63, 3.8) is 0 Å². The summed E-state index contributed by atoms with van der Waals surface area (Å²) in [6.45, 7) is 8.52. The lowest BCUT2D eigenvalue weighted by Gasteiger charge is -2.35. The van der Waals surface area contributed by atoms with Gasteiger partial charge in [-0.15, -0.1) is 0 Å². The predicted octanol–water partition coefficient (Wildman–Crippen LogP) is 2.30. The number of piperidine rings is 1. The fourth-order valence-electron chi connectivity index (χ4n) is 2.86. The minimum absolute atomic E-state index is 0.484. The summed E-state index contributed by atoms with van der Waals surface area (Å²) >= 11 is 0. The molecule has 1 aliphatic rings. The number of hydrogen-bond acceptors (Lipinski definition) is 4. The summed E-state index contributed by atoms with van der Waals surface area (Å²) in [5, 5.41) is 3.43. The van der Waals surface area contributed by atoms with Crippen molar-refractivity contribution in [1.29, 1.82) is 0 Å². The Balaban J connectivity index is 1.90. The molecule has 4 nitrogen and oxygen atoms in total. The molecule has 0 aliphatic carbocycles. The van der Waals surface area contributed by atoms with Crippen LogP contribution in [0.5, 0.6) is 0 Å². The average Bonchev–Trinajstić information content (AvgIpc) is 2.83. The number of nitrogens with zero attached hydrogens (tertiary/aromatic N) is 2. The standard InChI is InChI=1S/C16H29N3O/c1-13(2)17-10-16-14(7-9-20-16)11-19(4)15-6-5-8-18(3)12-15/h7,9,13,15,17H,5-6,8,10-12H2,1-4H3. The van der Waals surface area contributed by atoms with Crippen molar-refractivity contribution < 1.29 is 4.42 Å². The lowest BCUT2D eigenvalue weighted by atomic mass is 10.0. The zero-order valence-corrected chi connectivity index (χ0v) is 13.4. The Morgan fingerprint density at radius 2 is 2.30 bits per heavy atom. The van der Waals surface area contributed by atoms with Crippen LogP contribution in [-0.2, 0) is 13.1 Å². The molecular formula is C16H29N3O. The highest BCUT2D eigenvalue weighted by Gasteiger charge is 2.22. The van der Waals surface area contributed by atoms with Crippen molar-refractivity contribution in [2.24, 2.45) is 0 Å². The first kappa shape index (κ1) is 15.5. The highest BCUT2D eigenvalue weighted by atomic mass is 16.3. The van der Waals surface area contributed by atoms with E-state index in [1.165, 1.54) is 31.5 Å². The van der Waals surface area contributed by atoms with Crippen LogP contribution in [0.3, 0.4) is 0 Å². The smallest absolute Gasteiger partial charge is 0.122 e. The molecule has 4 heteroatoms. The minimum atomic E-state index is 0.484. The summed E-state index contributed by atoms with van der Waals surface area (Å²) < 4.78 is 5.62. The summed E-state index contributed by atoms with van der Waals surface area (Å²) in [6.07, 6.45) is 4.42. The highest BCUT2D eigenvalue weighted by Crippen LogP contribution is 2.18. The Hall–Kier alpha value is -0.840. The molecule has 1 fully saturated rings. The second kappa shape index (κ2) is 7.25. The molecule has 0 saturated carbocycles. The molecular weight excluding hydrogens is 250 g/mol. The SMILES string of the molecule is CC(C)NCc1occc1CN(C)C1CCCN(C)C1. The molecule has 0 aromatic carbocycles. The van der Waals surface area contributed by atoms with E-state index >= 15 is 0 Å². The van der Waals surface area contributed by atoms with Crippen molar-refractivity contribution in [3.8, 4) is 0 Å². The number of furan rings is 1. The van der Waals surface area contributed by atoms with Crippen molar-refractivity contribution >= 4 is 0 Å². The van der Waals surface area contributed by atoms with Gasteiger partial charge in [0.05, 0.1) is 12.8 Å². The third-order valence-corrected chi connectivity index (χ3v) is 4.15. The molecule has 1 atom stereocenters. The molecule has 1 saturated heterocycles. The molecule has 2 rings (SSSR count). The zero-order chi connectivity index (χ0) is 14.5. The molecule has 114 valence electrons. The second-order valence-electron chi connectivity index (χ2n) is 6.38. The zero-order valence-electron chi connectivity index (χ0n) is 13.4. The summed E-state index contributed by atoms with van der Waals surface area (Å²) in [7, 11) is 4.45. The van der Waals surface area contributed by atoms with Gasteiger partial charge in [0.25, 0.3) is 0 Å². The number of likely N-dealkylation sites (N-methyl/N-ethyl adjacent to an activating group) is 2. The quantitative estimate of drug-likeness (QED) is 0.866. The minimum Gasteiger partial charge on any atom is -0.468 e. The third-order valence-electron chi connectivity index (χ3n) is 4.15. The van der Waals surface area contributed by atoms with E-state index in [4.69, 9.17) is 4.42 Å². The Morgan fingerprint density at radius 3 is 3.00 bits per heavy atom. The molecule has 0 spiro atoms. The highest BCUT2D eigenvalue weighted by molar-refractivity contribution is 5.17. The Bertz CT molecular complexity index is 402. The van der Waals surface area contributed by atoms with Crippen LogP contribution in [-0.4, -0.2) is 49.1 Å². The fraction of sp³-hybridized carbons (Fsp3) is 0.750. The van der Waals surface area contributed by atoms with Gasteiger partial charge < -0.3 is 14.6 Å². The van der Waals surface area contributed by atoms with E-state index in [1.807, 2.05) is 6.26 Å². The van der Waals surface area contributed by atoms with E-state index in [0.29, 0.717) is 12.1 Å². The average molecular weight is 279 g/mol. The maximum Gasteiger partial charge on any atom is 0.122 e.